The van der Waals surface area contributed by atoms with E-state index in [0.29, 0.717) is 11.1 Å². The van der Waals surface area contributed by atoms with Crippen LogP contribution >= 0.6 is 23.2 Å². The predicted molar refractivity (Wildman–Crippen MR) is 80.7 cm³/mol. The monoisotopic (exact) mass is 328 g/mol. The van der Waals surface area contributed by atoms with E-state index in [1.165, 1.54) is 12.1 Å². The fourth-order valence-electron chi connectivity index (χ4n) is 2.42. The third kappa shape index (κ3) is 2.32. The predicted octanol–water partition coefficient (Wildman–Crippen LogP) is 3.69. The van der Waals surface area contributed by atoms with Crippen molar-refractivity contribution in [3.05, 3.63) is 38.9 Å². The van der Waals surface area contributed by atoms with Gasteiger partial charge in [0.05, 0.1) is 22.1 Å². The molecule has 112 valence electrons. The molecule has 0 saturated carbocycles. The summed E-state index contributed by atoms with van der Waals surface area (Å²) in [5.41, 5.74) is -0.719. The summed E-state index contributed by atoms with van der Waals surface area (Å²) in [6, 6.07) is 3.04. The number of hydrogen-bond acceptors (Lipinski definition) is 4. The Morgan fingerprint density at radius 2 is 1.95 bits per heavy atom. The average Bonchev–Trinajstić information content (AvgIpc) is 2.40. The highest BCUT2D eigenvalue weighted by Gasteiger charge is 2.45. The zero-order chi connectivity index (χ0) is 15.9. The Hall–Kier alpha value is -1.52. The van der Waals surface area contributed by atoms with Crippen LogP contribution < -0.4 is 0 Å². The van der Waals surface area contributed by atoms with Gasteiger partial charge in [-0.05, 0) is 38.5 Å². The fourth-order valence-corrected chi connectivity index (χ4v) is 2.98. The maximum atomic E-state index is 12.6. The lowest BCUT2D eigenvalue weighted by molar-refractivity contribution is -0.140. The second kappa shape index (κ2) is 5.35. The zero-order valence-electron chi connectivity index (χ0n) is 11.8. The molecule has 21 heavy (non-hydrogen) atoms. The Morgan fingerprint density at radius 3 is 2.52 bits per heavy atom. The first-order valence-corrected chi connectivity index (χ1v) is 7.13. The second-order valence-corrected chi connectivity index (χ2v) is 5.97. The quantitative estimate of drug-likeness (QED) is 0.664. The SMILES string of the molecule is CCOC(=O)C1=C(O)c2ccc(Cl)c(Cl)c2C(C)(C)C1=O. The molecule has 1 aliphatic carbocycles. The van der Waals surface area contributed by atoms with E-state index in [0.717, 1.165) is 0 Å². The molecule has 0 aromatic heterocycles. The van der Waals surface area contributed by atoms with Gasteiger partial charge in [0.25, 0.3) is 0 Å². The number of carbonyl (C=O) groups excluding carboxylic acids is 2. The third-order valence-electron chi connectivity index (χ3n) is 3.49. The van der Waals surface area contributed by atoms with Gasteiger partial charge in [0.2, 0.25) is 0 Å². The molecule has 2 rings (SSSR count). The van der Waals surface area contributed by atoms with Gasteiger partial charge in [0.1, 0.15) is 11.3 Å². The maximum Gasteiger partial charge on any atom is 0.345 e. The summed E-state index contributed by atoms with van der Waals surface area (Å²) in [6.45, 7) is 4.99. The van der Waals surface area contributed by atoms with Crippen LogP contribution in [0.3, 0.4) is 0 Å². The van der Waals surface area contributed by atoms with E-state index in [2.05, 4.69) is 0 Å². The summed E-state index contributed by atoms with van der Waals surface area (Å²) in [7, 11) is 0. The number of hydrogen-bond donors (Lipinski definition) is 1. The van der Waals surface area contributed by atoms with E-state index in [1.807, 2.05) is 0 Å². The summed E-state index contributed by atoms with van der Waals surface area (Å²) in [5.74, 6) is -1.81. The van der Waals surface area contributed by atoms with Crippen LogP contribution in [0.15, 0.2) is 17.7 Å². The minimum absolute atomic E-state index is 0.109. The molecule has 6 heteroatoms. The third-order valence-corrected chi connectivity index (χ3v) is 4.29. The van der Waals surface area contributed by atoms with Gasteiger partial charge in [-0.3, -0.25) is 4.79 Å². The Labute approximate surface area is 132 Å². The number of fused-ring (bicyclic) bond motifs is 1. The molecule has 4 nitrogen and oxygen atoms in total. The van der Waals surface area contributed by atoms with Crippen LogP contribution in [0.5, 0.6) is 0 Å². The Bertz CT molecular complexity index is 674. The van der Waals surface area contributed by atoms with Gasteiger partial charge >= 0.3 is 5.97 Å². The van der Waals surface area contributed by atoms with E-state index in [9.17, 15) is 14.7 Å². The molecule has 1 N–H and O–H groups in total. The van der Waals surface area contributed by atoms with Crippen LogP contribution in [-0.2, 0) is 19.7 Å². The minimum Gasteiger partial charge on any atom is -0.506 e. The van der Waals surface area contributed by atoms with Gasteiger partial charge < -0.3 is 9.84 Å². The highest BCUT2D eigenvalue weighted by molar-refractivity contribution is 6.43. The first kappa shape index (κ1) is 15.9. The molecule has 0 heterocycles. The molecule has 0 aliphatic heterocycles. The molecule has 0 fully saturated rings. The number of aliphatic hydroxyl groups excluding tert-OH is 1. The molecule has 0 unspecified atom stereocenters. The van der Waals surface area contributed by atoms with Crippen molar-refractivity contribution in [2.75, 3.05) is 6.61 Å². The van der Waals surface area contributed by atoms with Crippen molar-refractivity contribution in [1.82, 2.24) is 0 Å². The first-order chi connectivity index (χ1) is 9.73. The average molecular weight is 329 g/mol. The molecule has 0 saturated heterocycles. The highest BCUT2D eigenvalue weighted by Crippen LogP contribution is 2.45. The molecular formula is C15H14Cl2O4. The first-order valence-electron chi connectivity index (χ1n) is 6.37. The van der Waals surface area contributed by atoms with Gasteiger partial charge in [-0.15, -0.1) is 0 Å². The van der Waals surface area contributed by atoms with Crippen LogP contribution in [0.25, 0.3) is 5.76 Å². The summed E-state index contributed by atoms with van der Waals surface area (Å²) in [6.07, 6.45) is 0. The van der Waals surface area contributed by atoms with Crippen LogP contribution in [0.2, 0.25) is 10.0 Å². The van der Waals surface area contributed by atoms with Crippen molar-refractivity contribution in [2.24, 2.45) is 0 Å². The smallest absolute Gasteiger partial charge is 0.345 e. The number of aliphatic hydroxyl groups is 1. The standard InChI is InChI=1S/C15H14Cl2O4/c1-4-21-14(20)9-12(18)7-5-6-8(16)11(17)10(7)15(2,3)13(9)19/h5-6,18H,4H2,1-3H3. The van der Waals surface area contributed by atoms with Crippen molar-refractivity contribution in [3.8, 4) is 0 Å². The van der Waals surface area contributed by atoms with Crippen molar-refractivity contribution in [3.63, 3.8) is 0 Å². The maximum absolute atomic E-state index is 12.6. The largest absolute Gasteiger partial charge is 0.506 e. The molecule has 0 amide bonds. The lowest BCUT2D eigenvalue weighted by atomic mass is 9.71. The summed E-state index contributed by atoms with van der Waals surface area (Å²) >= 11 is 12.2. The number of rotatable bonds is 2. The highest BCUT2D eigenvalue weighted by atomic mass is 35.5. The second-order valence-electron chi connectivity index (χ2n) is 5.18. The number of esters is 1. The van der Waals surface area contributed by atoms with Gasteiger partial charge in [0.15, 0.2) is 5.78 Å². The van der Waals surface area contributed by atoms with Gasteiger partial charge in [0, 0.05) is 5.56 Å². The lowest BCUT2D eigenvalue weighted by Crippen LogP contribution is -2.38. The Morgan fingerprint density at radius 1 is 1.33 bits per heavy atom. The number of ether oxygens (including phenoxy) is 1. The molecule has 0 radical (unpaired) electrons. The van der Waals surface area contributed by atoms with E-state index in [1.54, 1.807) is 20.8 Å². The van der Waals surface area contributed by atoms with E-state index >= 15 is 0 Å². The molecule has 0 atom stereocenters. The fraction of sp³-hybridized carbons (Fsp3) is 0.333. The Kier molecular flexibility index (Phi) is 4.04. The van der Waals surface area contributed by atoms with Crippen LogP contribution in [0.1, 0.15) is 31.9 Å². The van der Waals surface area contributed by atoms with E-state index in [4.69, 9.17) is 27.9 Å². The molecule has 1 aromatic carbocycles. The number of halogens is 2. The summed E-state index contributed by atoms with van der Waals surface area (Å²) in [5, 5.41) is 10.8. The minimum atomic E-state index is -1.09. The topological polar surface area (TPSA) is 63.6 Å². The summed E-state index contributed by atoms with van der Waals surface area (Å²) < 4.78 is 4.85. The van der Waals surface area contributed by atoms with Crippen molar-refractivity contribution >= 4 is 40.7 Å². The number of Topliss-reactive ketones (excluding diaryl/α,β-unsaturated/α-hetero) is 1. The number of ketones is 1. The van der Waals surface area contributed by atoms with Crippen molar-refractivity contribution in [2.45, 2.75) is 26.2 Å². The molecule has 0 spiro atoms. The number of carbonyl (C=O) groups is 2. The van der Waals surface area contributed by atoms with E-state index < -0.39 is 22.9 Å². The normalized spacial score (nSPS) is 16.7. The van der Waals surface area contributed by atoms with Crippen LogP contribution in [0, 0.1) is 0 Å². The Balaban J connectivity index is 2.79. The molecular weight excluding hydrogens is 315 g/mol. The van der Waals surface area contributed by atoms with Crippen LogP contribution in [-0.4, -0.2) is 23.5 Å². The van der Waals surface area contributed by atoms with Crippen LogP contribution in [0.4, 0.5) is 0 Å². The van der Waals surface area contributed by atoms with E-state index in [-0.39, 0.29) is 22.2 Å². The molecule has 1 aliphatic rings. The summed E-state index contributed by atoms with van der Waals surface area (Å²) in [4.78, 5) is 24.5. The molecule has 1 aromatic rings. The van der Waals surface area contributed by atoms with Crippen molar-refractivity contribution < 1.29 is 19.4 Å². The zero-order valence-corrected chi connectivity index (χ0v) is 13.3. The van der Waals surface area contributed by atoms with Crippen molar-refractivity contribution in [1.29, 1.82) is 0 Å². The van der Waals surface area contributed by atoms with Gasteiger partial charge in [-0.1, -0.05) is 23.2 Å². The lowest BCUT2D eigenvalue weighted by Gasteiger charge is -2.32. The number of benzene rings is 1. The van der Waals surface area contributed by atoms with Gasteiger partial charge in [-0.2, -0.15) is 0 Å². The molecule has 0 bridgehead atoms. The van der Waals surface area contributed by atoms with Gasteiger partial charge in [-0.25, -0.2) is 4.79 Å².